The van der Waals surface area contributed by atoms with E-state index in [-0.39, 0.29) is 12.1 Å². The Hall–Kier alpha value is -4.11. The number of ketones is 2. The van der Waals surface area contributed by atoms with Gasteiger partial charge in [-0.2, -0.15) is 0 Å². The van der Waals surface area contributed by atoms with E-state index >= 15 is 0 Å². The molecule has 1 atom stereocenters. The van der Waals surface area contributed by atoms with Crippen molar-refractivity contribution in [1.82, 2.24) is 4.90 Å². The Kier molecular flexibility index (Phi) is 7.63. The molecule has 2 aliphatic rings. The summed E-state index contributed by atoms with van der Waals surface area (Å²) in [5.74, 6) is -0.0431. The molecule has 0 fully saturated rings. The number of nitrogens with one attached hydrogen (secondary N) is 1. The van der Waals surface area contributed by atoms with Gasteiger partial charge in [-0.05, 0) is 25.1 Å². The third-order valence-corrected chi connectivity index (χ3v) is 6.30. The van der Waals surface area contributed by atoms with Gasteiger partial charge in [-0.1, -0.05) is 29.8 Å². The molecule has 1 unspecified atom stereocenters. The highest BCUT2D eigenvalue weighted by molar-refractivity contribution is 6.32. The molecule has 2 aliphatic heterocycles. The molecule has 192 valence electrons. The summed E-state index contributed by atoms with van der Waals surface area (Å²) >= 11 is 6.23. The van der Waals surface area contributed by atoms with Crippen LogP contribution in [0.2, 0.25) is 5.02 Å². The number of Topliss-reactive ketones (excluding diaryl/α,β-unsaturated/α-hetero) is 2. The van der Waals surface area contributed by atoms with Crippen molar-refractivity contribution < 1.29 is 28.6 Å². The van der Waals surface area contributed by atoms with Gasteiger partial charge in [-0.25, -0.2) is 0 Å². The Morgan fingerprint density at radius 1 is 1.11 bits per heavy atom. The number of anilines is 1. The van der Waals surface area contributed by atoms with Crippen LogP contribution in [0.5, 0.6) is 17.2 Å². The van der Waals surface area contributed by atoms with Gasteiger partial charge in [0.25, 0.3) is 0 Å². The van der Waals surface area contributed by atoms with Gasteiger partial charge in [0.05, 0.1) is 44.2 Å². The Balaban J connectivity index is 1.65. The van der Waals surface area contributed by atoms with E-state index in [9.17, 15) is 14.4 Å². The molecule has 4 rings (SSSR count). The van der Waals surface area contributed by atoms with E-state index < -0.39 is 23.6 Å². The van der Waals surface area contributed by atoms with Crippen molar-refractivity contribution in [1.29, 1.82) is 0 Å². The third kappa shape index (κ3) is 5.36. The maximum atomic E-state index is 13.3. The fourth-order valence-corrected chi connectivity index (χ4v) is 4.38. The zero-order chi connectivity index (χ0) is 26.7. The van der Waals surface area contributed by atoms with Crippen LogP contribution in [0.25, 0.3) is 0 Å². The minimum Gasteiger partial charge on any atom is -0.497 e. The van der Waals surface area contributed by atoms with Crippen molar-refractivity contribution in [2.75, 3.05) is 33.2 Å². The fraction of sp³-hybridized carbons (Fsp3) is 0.259. The second kappa shape index (κ2) is 10.9. The number of amides is 1. The number of rotatable bonds is 8. The number of halogens is 1. The van der Waals surface area contributed by atoms with Gasteiger partial charge in [0.15, 0.2) is 17.7 Å². The molecule has 1 N–H and O–H groups in total. The minimum atomic E-state index is -0.713. The topological polar surface area (TPSA) is 107 Å². The van der Waals surface area contributed by atoms with E-state index in [2.05, 4.69) is 10.3 Å². The number of hydrogen-bond acceptors (Lipinski definition) is 8. The summed E-state index contributed by atoms with van der Waals surface area (Å²) in [6.45, 7) is 1.66. The Bertz CT molecular complexity index is 1360. The molecule has 0 bridgehead atoms. The lowest BCUT2D eigenvalue weighted by Crippen LogP contribution is -2.45. The number of allylic oxidation sites excluding steroid dienone is 2. The van der Waals surface area contributed by atoms with E-state index in [1.165, 1.54) is 33.6 Å². The van der Waals surface area contributed by atoms with Crippen LogP contribution in [-0.2, 0) is 9.59 Å². The van der Waals surface area contributed by atoms with Crippen LogP contribution < -0.4 is 19.5 Å². The Morgan fingerprint density at radius 2 is 1.86 bits per heavy atom. The van der Waals surface area contributed by atoms with Crippen molar-refractivity contribution in [3.8, 4) is 17.2 Å². The molecule has 2 aromatic carbocycles. The van der Waals surface area contributed by atoms with Gasteiger partial charge in [-0.3, -0.25) is 19.4 Å². The first-order valence-electron chi connectivity index (χ1n) is 11.4. The van der Waals surface area contributed by atoms with Gasteiger partial charge in [0.2, 0.25) is 5.91 Å². The van der Waals surface area contributed by atoms with Crippen LogP contribution in [0.1, 0.15) is 23.7 Å². The van der Waals surface area contributed by atoms with Crippen molar-refractivity contribution in [2.24, 2.45) is 4.99 Å². The summed E-state index contributed by atoms with van der Waals surface area (Å²) in [6.07, 6.45) is 2.94. The number of methoxy groups -OCH3 is 3. The second-order valence-corrected chi connectivity index (χ2v) is 8.85. The number of hydrogen-bond donors (Lipinski definition) is 1. The molecule has 2 aromatic rings. The monoisotopic (exact) mass is 523 g/mol. The fourth-order valence-electron chi connectivity index (χ4n) is 4.13. The van der Waals surface area contributed by atoms with E-state index in [1.807, 2.05) is 6.92 Å². The van der Waals surface area contributed by atoms with E-state index in [0.29, 0.717) is 45.5 Å². The van der Waals surface area contributed by atoms with Crippen LogP contribution in [-0.4, -0.2) is 62.1 Å². The zero-order valence-electron chi connectivity index (χ0n) is 20.8. The van der Waals surface area contributed by atoms with Crippen LogP contribution in [0.4, 0.5) is 5.69 Å². The van der Waals surface area contributed by atoms with Crippen molar-refractivity contribution in [3.63, 3.8) is 0 Å². The number of dihydropyridines is 1. The Labute approximate surface area is 219 Å². The summed E-state index contributed by atoms with van der Waals surface area (Å²) in [7, 11) is 4.44. The highest BCUT2D eigenvalue weighted by Gasteiger charge is 2.37. The predicted molar refractivity (Wildman–Crippen MR) is 140 cm³/mol. The van der Waals surface area contributed by atoms with Crippen molar-refractivity contribution >= 4 is 40.5 Å². The van der Waals surface area contributed by atoms with Gasteiger partial charge < -0.3 is 24.4 Å². The predicted octanol–water partition coefficient (Wildman–Crippen LogP) is 4.07. The second-order valence-electron chi connectivity index (χ2n) is 8.44. The summed E-state index contributed by atoms with van der Waals surface area (Å²) in [5.41, 5.74) is 1.77. The molecule has 10 heteroatoms. The number of carbonyl (C=O) groups excluding carboxylic acids is 3. The zero-order valence-corrected chi connectivity index (χ0v) is 21.6. The minimum absolute atomic E-state index is 0.0524. The molecule has 0 spiro atoms. The van der Waals surface area contributed by atoms with E-state index in [0.717, 1.165) is 5.71 Å². The molecule has 0 saturated carbocycles. The molecule has 0 saturated heterocycles. The Morgan fingerprint density at radius 3 is 2.57 bits per heavy atom. The molecular weight excluding hydrogens is 498 g/mol. The summed E-state index contributed by atoms with van der Waals surface area (Å²) in [4.78, 5) is 45.9. The lowest BCUT2D eigenvalue weighted by Gasteiger charge is -2.35. The molecule has 0 aromatic heterocycles. The normalized spacial score (nSPS) is 16.7. The molecule has 2 heterocycles. The first-order valence-corrected chi connectivity index (χ1v) is 11.8. The van der Waals surface area contributed by atoms with E-state index in [4.69, 9.17) is 25.8 Å². The first kappa shape index (κ1) is 26.0. The summed E-state index contributed by atoms with van der Waals surface area (Å²) in [5, 5.41) is 3.08. The maximum Gasteiger partial charge on any atom is 0.244 e. The van der Waals surface area contributed by atoms with Crippen molar-refractivity contribution in [3.05, 3.63) is 70.4 Å². The molecule has 0 aliphatic carbocycles. The third-order valence-electron chi connectivity index (χ3n) is 6.00. The molecule has 9 nitrogen and oxygen atoms in total. The molecule has 37 heavy (non-hydrogen) atoms. The highest BCUT2D eigenvalue weighted by atomic mass is 35.5. The largest absolute Gasteiger partial charge is 0.497 e. The number of ether oxygens (including phenoxy) is 3. The van der Waals surface area contributed by atoms with Gasteiger partial charge >= 0.3 is 0 Å². The van der Waals surface area contributed by atoms with Crippen LogP contribution >= 0.6 is 11.6 Å². The first-order chi connectivity index (χ1) is 17.7. The maximum absolute atomic E-state index is 13.3. The smallest absolute Gasteiger partial charge is 0.244 e. The van der Waals surface area contributed by atoms with Crippen LogP contribution in [0.3, 0.4) is 0 Å². The van der Waals surface area contributed by atoms with E-state index in [1.54, 1.807) is 41.3 Å². The lowest BCUT2D eigenvalue weighted by atomic mass is 9.89. The van der Waals surface area contributed by atoms with Gasteiger partial charge in [0, 0.05) is 35.5 Å². The van der Waals surface area contributed by atoms with Crippen molar-refractivity contribution in [2.45, 2.75) is 19.5 Å². The number of fused-ring (bicyclic) bond motifs is 1. The van der Waals surface area contributed by atoms with Crippen LogP contribution in [0.15, 0.2) is 64.8 Å². The van der Waals surface area contributed by atoms with Gasteiger partial charge in [0.1, 0.15) is 17.2 Å². The number of carbonyl (C=O) groups is 3. The number of benzene rings is 2. The SMILES string of the molecule is COc1cccc(C(=O)C2=CN(CC(=O)Nc3cc(Cl)c(OC)cc3OC)C3N=C(C)CC=C3C2=O)c1. The summed E-state index contributed by atoms with van der Waals surface area (Å²) < 4.78 is 15.8. The van der Waals surface area contributed by atoms with Crippen LogP contribution in [0, 0.1) is 0 Å². The quantitative estimate of drug-likeness (QED) is 0.410. The number of nitrogens with zero attached hydrogens (tertiary/aromatic N) is 2. The van der Waals surface area contributed by atoms with Gasteiger partial charge in [-0.15, -0.1) is 0 Å². The molecule has 0 radical (unpaired) electrons. The average Bonchev–Trinajstić information content (AvgIpc) is 2.90. The highest BCUT2D eigenvalue weighted by Crippen LogP contribution is 2.36. The lowest BCUT2D eigenvalue weighted by molar-refractivity contribution is -0.118. The average molecular weight is 524 g/mol. The molecule has 1 amide bonds. The summed E-state index contributed by atoms with van der Waals surface area (Å²) in [6, 6.07) is 9.66. The number of aliphatic imine (C=N–C) groups is 1. The standard InChI is InChI=1S/C27H26ClN3O6/c1-15-8-9-18-26(34)19(25(33)16-6-5-7-17(10-16)35-2)13-31(27(18)29-15)14-24(32)30-21-11-20(28)22(36-3)12-23(21)37-4/h5-7,9-13,27H,8,14H2,1-4H3,(H,30,32). The molecular formula is C27H26ClN3O6.